The lowest BCUT2D eigenvalue weighted by molar-refractivity contribution is -0.159. The van der Waals surface area contributed by atoms with Gasteiger partial charge in [-0.05, 0) is 48.1 Å². The maximum atomic E-state index is 13.6. The number of aliphatic hydroxyl groups is 2. The summed E-state index contributed by atoms with van der Waals surface area (Å²) in [6.07, 6.45) is 2.70. The Morgan fingerprint density at radius 2 is 1.94 bits per heavy atom. The van der Waals surface area contributed by atoms with Crippen molar-refractivity contribution < 1.29 is 19.7 Å². The Labute approximate surface area is 201 Å². The molecule has 174 valence electrons. The SMILES string of the molecule is O=C1C2=C(O)C(O)C=C(c3cccc4c3Cc3ccccc3SC4)N2N[C@@H]2COC3(CC3)CN12. The number of benzene rings is 2. The van der Waals surface area contributed by atoms with Crippen LogP contribution >= 0.6 is 11.8 Å². The van der Waals surface area contributed by atoms with Crippen molar-refractivity contribution in [3.8, 4) is 0 Å². The first kappa shape index (κ1) is 20.6. The van der Waals surface area contributed by atoms with Crippen LogP contribution in [0.4, 0.5) is 0 Å². The quantitative estimate of drug-likeness (QED) is 0.585. The van der Waals surface area contributed by atoms with Crippen molar-refractivity contribution in [3.63, 3.8) is 0 Å². The van der Waals surface area contributed by atoms with E-state index in [0.717, 1.165) is 30.6 Å². The third-order valence-corrected chi connectivity index (χ3v) is 8.67. The molecule has 3 N–H and O–H groups in total. The van der Waals surface area contributed by atoms with Gasteiger partial charge >= 0.3 is 0 Å². The van der Waals surface area contributed by atoms with Gasteiger partial charge in [0.15, 0.2) is 11.5 Å². The minimum atomic E-state index is -1.25. The van der Waals surface area contributed by atoms with Gasteiger partial charge in [0.1, 0.15) is 12.3 Å². The van der Waals surface area contributed by atoms with E-state index in [4.69, 9.17) is 4.74 Å². The maximum Gasteiger partial charge on any atom is 0.277 e. The molecule has 1 saturated carbocycles. The normalized spacial score (nSPS) is 26.9. The third-order valence-electron chi connectivity index (χ3n) is 7.51. The van der Waals surface area contributed by atoms with E-state index in [2.05, 4.69) is 35.8 Å². The molecule has 1 spiro atoms. The number of morpholine rings is 1. The summed E-state index contributed by atoms with van der Waals surface area (Å²) in [6, 6.07) is 14.6. The van der Waals surface area contributed by atoms with Crippen LogP contribution in [-0.2, 0) is 21.7 Å². The summed E-state index contributed by atoms with van der Waals surface area (Å²) in [6.45, 7) is 0.890. The summed E-state index contributed by atoms with van der Waals surface area (Å²) < 4.78 is 6.08. The zero-order chi connectivity index (χ0) is 23.0. The molecule has 0 bridgehead atoms. The lowest BCUT2D eigenvalue weighted by atomic mass is 9.91. The topological polar surface area (TPSA) is 85.3 Å². The molecule has 2 aromatic carbocycles. The van der Waals surface area contributed by atoms with Gasteiger partial charge in [0.25, 0.3) is 5.91 Å². The summed E-state index contributed by atoms with van der Waals surface area (Å²) >= 11 is 1.83. The van der Waals surface area contributed by atoms with Gasteiger partial charge in [-0.15, -0.1) is 11.8 Å². The van der Waals surface area contributed by atoms with Crippen LogP contribution in [0.25, 0.3) is 5.70 Å². The number of rotatable bonds is 1. The Kier molecular flexibility index (Phi) is 4.45. The Morgan fingerprint density at radius 3 is 2.79 bits per heavy atom. The predicted octanol–water partition coefficient (Wildman–Crippen LogP) is 2.91. The average Bonchev–Trinajstić information content (AvgIpc) is 3.63. The van der Waals surface area contributed by atoms with Gasteiger partial charge in [-0.2, -0.15) is 0 Å². The van der Waals surface area contributed by atoms with Crippen LogP contribution in [0.5, 0.6) is 0 Å². The average molecular weight is 476 g/mol. The van der Waals surface area contributed by atoms with Gasteiger partial charge in [-0.1, -0.05) is 36.4 Å². The standard InChI is InChI=1S/C26H25N3O4S/c30-20-11-19(17-6-3-5-16-13-34-21-7-2-1-4-15(21)10-18(16)17)29-23(24(20)31)25(32)28-14-26(8-9-26)33-12-22(28)27-29/h1-7,11,20,22,27,30-31H,8-10,12-14H2/t20?,22-/m0/s1. The second-order valence-electron chi connectivity index (χ2n) is 9.65. The lowest BCUT2D eigenvalue weighted by Crippen LogP contribution is -2.68. The Balaban J connectivity index is 1.31. The zero-order valence-corrected chi connectivity index (χ0v) is 19.3. The van der Waals surface area contributed by atoms with Gasteiger partial charge in [0.05, 0.1) is 24.4 Å². The Bertz CT molecular complexity index is 1280. The van der Waals surface area contributed by atoms with E-state index in [0.29, 0.717) is 18.8 Å². The van der Waals surface area contributed by atoms with Crippen molar-refractivity contribution in [2.45, 2.75) is 47.8 Å². The molecule has 2 atom stereocenters. The maximum absolute atomic E-state index is 13.6. The smallest absolute Gasteiger partial charge is 0.277 e. The zero-order valence-electron chi connectivity index (χ0n) is 18.5. The number of aliphatic hydroxyl groups excluding tert-OH is 2. The molecule has 1 unspecified atom stereocenters. The second-order valence-corrected chi connectivity index (χ2v) is 10.7. The summed E-state index contributed by atoms with van der Waals surface area (Å²) in [5.74, 6) is 0.255. The first-order chi connectivity index (χ1) is 16.5. The van der Waals surface area contributed by atoms with Gasteiger partial charge in [0.2, 0.25) is 0 Å². The number of hydrogen-bond acceptors (Lipinski definition) is 7. The fourth-order valence-electron chi connectivity index (χ4n) is 5.44. The highest BCUT2D eigenvalue weighted by Gasteiger charge is 2.54. The van der Waals surface area contributed by atoms with Crippen molar-refractivity contribution in [3.05, 3.63) is 82.3 Å². The highest BCUT2D eigenvalue weighted by Crippen LogP contribution is 2.45. The van der Waals surface area contributed by atoms with Crippen LogP contribution in [-0.4, -0.2) is 57.1 Å². The van der Waals surface area contributed by atoms with E-state index in [1.54, 1.807) is 16.0 Å². The van der Waals surface area contributed by atoms with E-state index < -0.39 is 6.10 Å². The number of thioether (sulfide) groups is 1. The van der Waals surface area contributed by atoms with E-state index in [-0.39, 0.29) is 29.1 Å². The van der Waals surface area contributed by atoms with Crippen molar-refractivity contribution in [2.24, 2.45) is 0 Å². The van der Waals surface area contributed by atoms with Crippen LogP contribution in [0.2, 0.25) is 0 Å². The van der Waals surface area contributed by atoms with Crippen LogP contribution in [0.3, 0.4) is 0 Å². The minimum Gasteiger partial charge on any atom is -0.507 e. The fourth-order valence-corrected chi connectivity index (χ4v) is 6.52. The number of amides is 1. The molecule has 7 nitrogen and oxygen atoms in total. The summed E-state index contributed by atoms with van der Waals surface area (Å²) in [4.78, 5) is 16.6. The summed E-state index contributed by atoms with van der Waals surface area (Å²) in [7, 11) is 0. The summed E-state index contributed by atoms with van der Waals surface area (Å²) in [5.41, 5.74) is 8.56. The number of nitrogens with one attached hydrogen (secondary N) is 1. The van der Waals surface area contributed by atoms with Crippen molar-refractivity contribution in [1.82, 2.24) is 15.3 Å². The van der Waals surface area contributed by atoms with E-state index in [1.807, 2.05) is 23.9 Å². The van der Waals surface area contributed by atoms with E-state index >= 15 is 0 Å². The Hall–Kier alpha value is -2.78. The molecule has 3 fully saturated rings. The molecule has 34 heavy (non-hydrogen) atoms. The number of nitrogens with zero attached hydrogens (tertiary/aromatic N) is 2. The van der Waals surface area contributed by atoms with E-state index in [1.165, 1.54) is 21.6 Å². The molecule has 7 rings (SSSR count). The van der Waals surface area contributed by atoms with Gasteiger partial charge < -0.3 is 19.8 Å². The second kappa shape index (κ2) is 7.36. The Morgan fingerprint density at radius 1 is 1.12 bits per heavy atom. The van der Waals surface area contributed by atoms with Crippen molar-refractivity contribution >= 4 is 23.4 Å². The molecule has 5 aliphatic rings. The number of hydrogen-bond donors (Lipinski definition) is 3. The number of ether oxygens (including phenoxy) is 1. The number of carbonyl (C=O) groups excluding carboxylic acids is 1. The number of hydrazine groups is 1. The minimum absolute atomic E-state index is 0.0972. The van der Waals surface area contributed by atoms with Crippen LogP contribution in [0.1, 0.15) is 35.1 Å². The molecule has 2 saturated heterocycles. The molecule has 2 aromatic rings. The fraction of sp³-hybridized carbons (Fsp3) is 0.346. The molecule has 0 radical (unpaired) electrons. The molecule has 4 aliphatic heterocycles. The van der Waals surface area contributed by atoms with Crippen molar-refractivity contribution in [2.75, 3.05) is 13.2 Å². The van der Waals surface area contributed by atoms with Gasteiger partial charge in [-0.25, -0.2) is 5.43 Å². The number of fused-ring (bicyclic) bond motifs is 4. The highest BCUT2D eigenvalue weighted by atomic mass is 32.2. The molecule has 1 aliphatic carbocycles. The monoisotopic (exact) mass is 475 g/mol. The first-order valence-electron chi connectivity index (χ1n) is 11.7. The largest absolute Gasteiger partial charge is 0.507 e. The summed E-state index contributed by atoms with van der Waals surface area (Å²) in [5, 5.41) is 23.2. The van der Waals surface area contributed by atoms with E-state index in [9.17, 15) is 15.0 Å². The van der Waals surface area contributed by atoms with Crippen LogP contribution in [0.15, 0.2) is 64.9 Å². The highest BCUT2D eigenvalue weighted by molar-refractivity contribution is 7.98. The predicted molar refractivity (Wildman–Crippen MR) is 127 cm³/mol. The van der Waals surface area contributed by atoms with Gasteiger partial charge in [0, 0.05) is 16.2 Å². The first-order valence-corrected chi connectivity index (χ1v) is 12.7. The molecule has 4 heterocycles. The molecule has 8 heteroatoms. The molecular weight excluding hydrogens is 450 g/mol. The number of carbonyl (C=O) groups is 1. The lowest BCUT2D eigenvalue weighted by Gasteiger charge is -2.49. The molecule has 0 aromatic heterocycles. The van der Waals surface area contributed by atoms with Crippen molar-refractivity contribution in [1.29, 1.82) is 0 Å². The third kappa shape index (κ3) is 3.06. The van der Waals surface area contributed by atoms with Crippen LogP contribution < -0.4 is 5.43 Å². The van der Waals surface area contributed by atoms with Gasteiger partial charge in [-0.3, -0.25) is 9.80 Å². The molecule has 1 amide bonds. The van der Waals surface area contributed by atoms with Crippen LogP contribution in [0, 0.1) is 0 Å². The molecular formula is C26H25N3O4S.